The highest BCUT2D eigenvalue weighted by Crippen LogP contribution is 2.43. The second-order valence-electron chi connectivity index (χ2n) is 19.6. The van der Waals surface area contributed by atoms with E-state index in [2.05, 4.69) is 55.6 Å². The third-order valence-electron chi connectivity index (χ3n) is 12.0. The lowest BCUT2D eigenvalue weighted by Crippen LogP contribution is -2.45. The molecular formula is C55H106N2O6P+. The van der Waals surface area contributed by atoms with Gasteiger partial charge < -0.3 is 19.8 Å². The zero-order valence-electron chi connectivity index (χ0n) is 42.8. The number of rotatable bonds is 49. The van der Waals surface area contributed by atoms with E-state index in [-0.39, 0.29) is 19.1 Å². The number of allylic oxidation sites excluding steroid dienone is 7. The van der Waals surface area contributed by atoms with Crippen LogP contribution in [0, 0.1) is 0 Å². The third-order valence-corrected chi connectivity index (χ3v) is 13.0. The maximum Gasteiger partial charge on any atom is 0.472 e. The molecule has 9 heteroatoms. The highest BCUT2D eigenvalue weighted by atomic mass is 31.2. The molecule has 0 aliphatic rings. The summed E-state index contributed by atoms with van der Waals surface area (Å²) in [6.07, 6.45) is 60.9. The zero-order chi connectivity index (χ0) is 47.1. The summed E-state index contributed by atoms with van der Waals surface area (Å²) in [6.45, 7) is 4.72. The van der Waals surface area contributed by atoms with Crippen LogP contribution >= 0.6 is 7.82 Å². The number of nitrogens with zero attached hydrogens (tertiary/aromatic N) is 1. The van der Waals surface area contributed by atoms with Gasteiger partial charge in [-0.2, -0.15) is 0 Å². The van der Waals surface area contributed by atoms with E-state index in [1.165, 1.54) is 173 Å². The molecule has 0 heterocycles. The maximum absolute atomic E-state index is 12.9. The van der Waals surface area contributed by atoms with Crippen molar-refractivity contribution < 1.29 is 32.9 Å². The van der Waals surface area contributed by atoms with Crippen molar-refractivity contribution in [2.75, 3.05) is 40.9 Å². The van der Waals surface area contributed by atoms with Crippen molar-refractivity contribution in [3.05, 3.63) is 48.6 Å². The molecule has 1 amide bonds. The van der Waals surface area contributed by atoms with E-state index < -0.39 is 20.0 Å². The number of amides is 1. The van der Waals surface area contributed by atoms with Gasteiger partial charge in [0, 0.05) is 6.42 Å². The maximum atomic E-state index is 12.9. The molecule has 0 bridgehead atoms. The number of hydrogen-bond donors (Lipinski definition) is 3. The number of likely N-dealkylation sites (N-methyl/N-ethyl adjacent to an activating group) is 1. The van der Waals surface area contributed by atoms with Crippen LogP contribution in [0.15, 0.2) is 48.6 Å². The molecule has 0 aliphatic heterocycles. The Morgan fingerprint density at radius 2 is 0.891 bits per heavy atom. The number of phosphoric ester groups is 1. The molecule has 0 radical (unpaired) electrons. The Balaban J connectivity index is 4.03. The number of aliphatic hydroxyl groups excluding tert-OH is 1. The van der Waals surface area contributed by atoms with E-state index in [1.54, 1.807) is 6.08 Å². The van der Waals surface area contributed by atoms with Crippen molar-refractivity contribution in [2.45, 2.75) is 257 Å². The van der Waals surface area contributed by atoms with Gasteiger partial charge in [0.25, 0.3) is 0 Å². The van der Waals surface area contributed by atoms with E-state index in [4.69, 9.17) is 9.05 Å². The van der Waals surface area contributed by atoms with Crippen LogP contribution in [0.25, 0.3) is 0 Å². The predicted octanol–water partition coefficient (Wildman–Crippen LogP) is 16.0. The van der Waals surface area contributed by atoms with Crippen molar-refractivity contribution in [2.24, 2.45) is 0 Å². The molecule has 0 aromatic carbocycles. The summed E-state index contributed by atoms with van der Waals surface area (Å²) >= 11 is 0. The number of phosphoric acid groups is 1. The van der Waals surface area contributed by atoms with Crippen molar-refractivity contribution in [3.8, 4) is 0 Å². The zero-order valence-corrected chi connectivity index (χ0v) is 43.7. The molecule has 0 aliphatic carbocycles. The highest BCUT2D eigenvalue weighted by molar-refractivity contribution is 7.47. The molecule has 0 saturated heterocycles. The van der Waals surface area contributed by atoms with E-state index in [1.807, 2.05) is 27.2 Å². The van der Waals surface area contributed by atoms with E-state index in [0.29, 0.717) is 17.4 Å². The largest absolute Gasteiger partial charge is 0.472 e. The van der Waals surface area contributed by atoms with E-state index in [0.717, 1.165) is 51.4 Å². The summed E-state index contributed by atoms with van der Waals surface area (Å²) in [7, 11) is 1.55. The SMILES string of the molecule is CCC/C=C/CC/C=C/CC/C=C/C(O)C(COP(=O)(O)OCC[N+](C)(C)C)NC(=O)CCCCCCCCCCCCCCCCC/C=C\CCCCCCCCCCCCCC. The lowest BCUT2D eigenvalue weighted by atomic mass is 10.0. The summed E-state index contributed by atoms with van der Waals surface area (Å²) < 4.78 is 23.6. The van der Waals surface area contributed by atoms with Crippen LogP contribution in [-0.2, 0) is 18.4 Å². The number of hydrogen-bond acceptors (Lipinski definition) is 5. The summed E-state index contributed by atoms with van der Waals surface area (Å²) in [5.41, 5.74) is 0. The second kappa shape index (κ2) is 46.6. The minimum atomic E-state index is -4.35. The quantitative estimate of drug-likeness (QED) is 0.0243. The monoisotopic (exact) mass is 922 g/mol. The minimum Gasteiger partial charge on any atom is -0.387 e. The van der Waals surface area contributed by atoms with Gasteiger partial charge in [-0.3, -0.25) is 13.8 Å². The highest BCUT2D eigenvalue weighted by Gasteiger charge is 2.27. The number of aliphatic hydroxyl groups is 1. The fraction of sp³-hybridized carbons (Fsp3) is 0.836. The van der Waals surface area contributed by atoms with E-state index in [9.17, 15) is 19.4 Å². The Kier molecular flexibility index (Phi) is 45.4. The molecule has 3 unspecified atom stereocenters. The Labute approximate surface area is 397 Å². The van der Waals surface area contributed by atoms with Gasteiger partial charge in [0.05, 0.1) is 39.9 Å². The van der Waals surface area contributed by atoms with Crippen molar-refractivity contribution in [1.29, 1.82) is 0 Å². The van der Waals surface area contributed by atoms with Crippen LogP contribution in [0.5, 0.6) is 0 Å². The smallest absolute Gasteiger partial charge is 0.387 e. The van der Waals surface area contributed by atoms with Gasteiger partial charge in [0.2, 0.25) is 5.91 Å². The predicted molar refractivity (Wildman–Crippen MR) is 277 cm³/mol. The summed E-state index contributed by atoms with van der Waals surface area (Å²) in [5.74, 6) is -0.191. The number of carbonyl (C=O) groups is 1. The molecule has 64 heavy (non-hydrogen) atoms. The first-order valence-electron chi connectivity index (χ1n) is 27.0. The van der Waals surface area contributed by atoms with Gasteiger partial charge in [0.15, 0.2) is 0 Å². The Bertz CT molecular complexity index is 1180. The van der Waals surface area contributed by atoms with Crippen LogP contribution in [0.3, 0.4) is 0 Å². The molecule has 0 fully saturated rings. The van der Waals surface area contributed by atoms with Crippen LogP contribution in [0.2, 0.25) is 0 Å². The molecule has 0 spiro atoms. The Hall–Kier alpha value is -1.54. The number of nitrogens with one attached hydrogen (secondary N) is 1. The molecule has 376 valence electrons. The molecule has 0 aromatic heterocycles. The molecule has 8 nitrogen and oxygen atoms in total. The fourth-order valence-corrected chi connectivity index (χ4v) is 8.46. The van der Waals surface area contributed by atoms with Gasteiger partial charge in [0.1, 0.15) is 13.2 Å². The van der Waals surface area contributed by atoms with Gasteiger partial charge >= 0.3 is 7.82 Å². The standard InChI is InChI=1S/C55H105N2O6P/c1-6-8-10-12-14-16-18-19-20-21-22-23-24-25-26-27-28-29-30-31-32-33-34-35-36-37-39-41-43-45-47-49-55(59)56-53(52-63-64(60,61)62-51-50-57(3,4)5)54(58)48-46-44-42-40-38-17-15-13-11-9-7-2/h11,13,25-26,38,40,46,48,53-54,58H,6-10,12,14-24,27-37,39,41-45,47,49-52H2,1-5H3,(H-,56,59,60,61)/p+1/b13-11+,26-25-,40-38+,48-46+. The van der Waals surface area contributed by atoms with Crippen molar-refractivity contribution in [3.63, 3.8) is 0 Å². The average Bonchev–Trinajstić information content (AvgIpc) is 3.25. The lowest BCUT2D eigenvalue weighted by Gasteiger charge is -2.25. The summed E-state index contributed by atoms with van der Waals surface area (Å²) in [5, 5.41) is 13.8. The first-order chi connectivity index (χ1) is 31.0. The normalized spacial score (nSPS) is 14.4. The first-order valence-corrected chi connectivity index (χ1v) is 28.5. The number of quaternary nitrogens is 1. The summed E-state index contributed by atoms with van der Waals surface area (Å²) in [4.78, 5) is 23.2. The lowest BCUT2D eigenvalue weighted by molar-refractivity contribution is -0.870. The average molecular weight is 922 g/mol. The fourth-order valence-electron chi connectivity index (χ4n) is 7.72. The van der Waals surface area contributed by atoms with Gasteiger partial charge in [-0.05, 0) is 64.2 Å². The molecule has 0 aromatic rings. The van der Waals surface area contributed by atoms with Crippen molar-refractivity contribution in [1.82, 2.24) is 5.32 Å². The molecule has 3 atom stereocenters. The van der Waals surface area contributed by atoms with Gasteiger partial charge in [-0.1, -0.05) is 223 Å². The topological polar surface area (TPSA) is 105 Å². The minimum absolute atomic E-state index is 0.0531. The molecule has 0 rings (SSSR count). The Morgan fingerprint density at radius 1 is 0.516 bits per heavy atom. The molecular weight excluding hydrogens is 816 g/mol. The second-order valence-corrected chi connectivity index (χ2v) is 21.0. The summed E-state index contributed by atoms with van der Waals surface area (Å²) in [6, 6.07) is -0.868. The molecule has 3 N–H and O–H groups in total. The molecule has 0 saturated carbocycles. The Morgan fingerprint density at radius 3 is 1.31 bits per heavy atom. The van der Waals surface area contributed by atoms with Crippen LogP contribution in [-0.4, -0.2) is 73.4 Å². The number of unbranched alkanes of at least 4 members (excludes halogenated alkanes) is 30. The number of carbonyl (C=O) groups excluding carboxylic acids is 1. The first kappa shape index (κ1) is 62.5. The van der Waals surface area contributed by atoms with Crippen LogP contribution in [0.1, 0.15) is 245 Å². The van der Waals surface area contributed by atoms with Gasteiger partial charge in [-0.25, -0.2) is 4.57 Å². The third kappa shape index (κ3) is 48.4. The van der Waals surface area contributed by atoms with E-state index >= 15 is 0 Å². The van der Waals surface area contributed by atoms with Crippen molar-refractivity contribution >= 4 is 13.7 Å². The van der Waals surface area contributed by atoms with Gasteiger partial charge in [-0.15, -0.1) is 0 Å². The van der Waals surface area contributed by atoms with Crippen LogP contribution < -0.4 is 5.32 Å². The van der Waals surface area contributed by atoms with Crippen LogP contribution in [0.4, 0.5) is 0 Å².